The van der Waals surface area contributed by atoms with Gasteiger partial charge < -0.3 is 15.8 Å². The monoisotopic (exact) mass is 202 g/mol. The highest BCUT2D eigenvalue weighted by atomic mass is 16.5. The Morgan fingerprint density at radius 2 is 2.21 bits per heavy atom. The Morgan fingerprint density at radius 1 is 1.50 bits per heavy atom. The fourth-order valence-electron chi connectivity index (χ4n) is 1.32. The normalized spacial score (nSPS) is 12.4. The zero-order valence-electron chi connectivity index (χ0n) is 9.21. The summed E-state index contributed by atoms with van der Waals surface area (Å²) in [5.74, 6) is 0. The van der Waals surface area contributed by atoms with Crippen LogP contribution in [0.2, 0.25) is 0 Å². The number of carbonyl (C=O) groups excluding carboxylic acids is 1. The third kappa shape index (κ3) is 7.86. The standard InChI is InChI=1S/C10H22N2O2/c1-3-5-6-9(4-2)12-7-8-14-10(11)13/h9,12H,3-8H2,1-2H3,(H2,11,13). The minimum Gasteiger partial charge on any atom is -0.448 e. The third-order valence-corrected chi connectivity index (χ3v) is 2.18. The highest BCUT2D eigenvalue weighted by molar-refractivity contribution is 5.64. The van der Waals surface area contributed by atoms with E-state index in [0.717, 1.165) is 6.42 Å². The lowest BCUT2D eigenvalue weighted by Gasteiger charge is -2.16. The highest BCUT2D eigenvalue weighted by Crippen LogP contribution is 2.03. The van der Waals surface area contributed by atoms with Gasteiger partial charge in [0, 0.05) is 12.6 Å². The number of primary amides is 1. The highest BCUT2D eigenvalue weighted by Gasteiger charge is 2.04. The Balaban J connectivity index is 3.37. The van der Waals surface area contributed by atoms with Gasteiger partial charge in [0.25, 0.3) is 0 Å². The van der Waals surface area contributed by atoms with Crippen LogP contribution in [0.3, 0.4) is 0 Å². The molecule has 1 unspecified atom stereocenters. The van der Waals surface area contributed by atoms with Crippen LogP contribution >= 0.6 is 0 Å². The summed E-state index contributed by atoms with van der Waals surface area (Å²) >= 11 is 0. The molecular formula is C10H22N2O2. The Bertz CT molecular complexity index is 151. The molecule has 1 amide bonds. The molecule has 0 bridgehead atoms. The molecule has 14 heavy (non-hydrogen) atoms. The second kappa shape index (κ2) is 8.81. The third-order valence-electron chi connectivity index (χ3n) is 2.18. The molecule has 0 saturated carbocycles. The number of unbranched alkanes of at least 4 members (excludes halogenated alkanes) is 1. The van der Waals surface area contributed by atoms with E-state index < -0.39 is 6.09 Å². The van der Waals surface area contributed by atoms with E-state index in [1.165, 1.54) is 19.3 Å². The van der Waals surface area contributed by atoms with E-state index in [4.69, 9.17) is 5.73 Å². The lowest BCUT2D eigenvalue weighted by atomic mass is 10.1. The van der Waals surface area contributed by atoms with Crippen LogP contribution in [0, 0.1) is 0 Å². The predicted molar refractivity (Wildman–Crippen MR) is 57.1 cm³/mol. The van der Waals surface area contributed by atoms with Crippen LogP contribution in [0.4, 0.5) is 4.79 Å². The average Bonchev–Trinajstić information content (AvgIpc) is 2.16. The Hall–Kier alpha value is -0.770. The van der Waals surface area contributed by atoms with Crippen molar-refractivity contribution in [1.82, 2.24) is 5.32 Å². The maximum Gasteiger partial charge on any atom is 0.404 e. The van der Waals surface area contributed by atoms with Crippen molar-refractivity contribution >= 4 is 6.09 Å². The molecule has 0 fully saturated rings. The van der Waals surface area contributed by atoms with Crippen molar-refractivity contribution < 1.29 is 9.53 Å². The first-order valence-electron chi connectivity index (χ1n) is 5.36. The van der Waals surface area contributed by atoms with Crippen LogP contribution in [0.1, 0.15) is 39.5 Å². The van der Waals surface area contributed by atoms with Gasteiger partial charge in [-0.05, 0) is 12.8 Å². The number of hydrogen-bond donors (Lipinski definition) is 2. The molecule has 0 heterocycles. The molecular weight excluding hydrogens is 180 g/mol. The SMILES string of the molecule is CCCCC(CC)NCCOC(N)=O. The second-order valence-electron chi connectivity index (χ2n) is 3.37. The number of carbonyl (C=O) groups is 1. The van der Waals surface area contributed by atoms with E-state index in [9.17, 15) is 4.79 Å². The number of nitrogens with one attached hydrogen (secondary N) is 1. The molecule has 4 nitrogen and oxygen atoms in total. The van der Waals surface area contributed by atoms with Crippen LogP contribution in [0.5, 0.6) is 0 Å². The molecule has 0 aliphatic heterocycles. The Kier molecular flexibility index (Phi) is 8.33. The number of ether oxygens (including phenoxy) is 1. The van der Waals surface area contributed by atoms with E-state index in [1.807, 2.05) is 0 Å². The zero-order chi connectivity index (χ0) is 10.8. The van der Waals surface area contributed by atoms with Crippen LogP contribution in [-0.2, 0) is 4.74 Å². The number of nitrogens with two attached hydrogens (primary N) is 1. The molecule has 0 aromatic rings. The molecule has 0 aromatic carbocycles. The molecule has 0 rings (SSSR count). The van der Waals surface area contributed by atoms with Crippen LogP contribution in [0.15, 0.2) is 0 Å². The van der Waals surface area contributed by atoms with Crippen molar-refractivity contribution in [2.45, 2.75) is 45.6 Å². The molecule has 3 N–H and O–H groups in total. The second-order valence-corrected chi connectivity index (χ2v) is 3.37. The van der Waals surface area contributed by atoms with E-state index in [2.05, 4.69) is 23.9 Å². The summed E-state index contributed by atoms with van der Waals surface area (Å²) in [5.41, 5.74) is 4.83. The zero-order valence-corrected chi connectivity index (χ0v) is 9.21. The summed E-state index contributed by atoms with van der Waals surface area (Å²) in [5, 5.41) is 3.33. The number of amides is 1. The minimum absolute atomic E-state index is 0.359. The first-order valence-corrected chi connectivity index (χ1v) is 5.36. The van der Waals surface area contributed by atoms with Gasteiger partial charge in [0.1, 0.15) is 6.61 Å². The summed E-state index contributed by atoms with van der Waals surface area (Å²) in [7, 11) is 0. The van der Waals surface area contributed by atoms with Gasteiger partial charge in [-0.25, -0.2) is 4.79 Å². The smallest absolute Gasteiger partial charge is 0.404 e. The molecule has 84 valence electrons. The summed E-state index contributed by atoms with van der Waals surface area (Å²) in [6.07, 6.45) is 4.05. The number of rotatable bonds is 8. The van der Waals surface area contributed by atoms with Gasteiger partial charge >= 0.3 is 6.09 Å². The molecule has 0 spiro atoms. The summed E-state index contributed by atoms with van der Waals surface area (Å²) in [6, 6.07) is 0.534. The molecule has 0 aromatic heterocycles. The van der Waals surface area contributed by atoms with Crippen LogP contribution < -0.4 is 11.1 Å². The molecule has 0 aliphatic rings. The largest absolute Gasteiger partial charge is 0.448 e. The van der Waals surface area contributed by atoms with Crippen molar-refractivity contribution in [3.05, 3.63) is 0 Å². The van der Waals surface area contributed by atoms with Crippen LogP contribution in [-0.4, -0.2) is 25.3 Å². The fraction of sp³-hybridized carbons (Fsp3) is 0.900. The van der Waals surface area contributed by atoms with E-state index in [0.29, 0.717) is 19.2 Å². The first kappa shape index (κ1) is 13.2. The van der Waals surface area contributed by atoms with E-state index in [1.54, 1.807) is 0 Å². The van der Waals surface area contributed by atoms with Gasteiger partial charge in [-0.15, -0.1) is 0 Å². The van der Waals surface area contributed by atoms with E-state index >= 15 is 0 Å². The molecule has 1 atom stereocenters. The summed E-state index contributed by atoms with van der Waals surface area (Å²) in [4.78, 5) is 10.3. The van der Waals surface area contributed by atoms with Crippen molar-refractivity contribution in [1.29, 1.82) is 0 Å². The lowest BCUT2D eigenvalue weighted by Crippen LogP contribution is -2.32. The molecule has 0 saturated heterocycles. The fourth-order valence-corrected chi connectivity index (χ4v) is 1.32. The summed E-state index contributed by atoms with van der Waals surface area (Å²) in [6.45, 7) is 5.38. The van der Waals surface area contributed by atoms with E-state index in [-0.39, 0.29) is 0 Å². The minimum atomic E-state index is -0.701. The van der Waals surface area contributed by atoms with Crippen molar-refractivity contribution in [2.75, 3.05) is 13.2 Å². The predicted octanol–water partition coefficient (Wildman–Crippen LogP) is 1.64. The van der Waals surface area contributed by atoms with Gasteiger partial charge in [-0.2, -0.15) is 0 Å². The Labute approximate surface area is 86.2 Å². The number of hydrogen-bond acceptors (Lipinski definition) is 3. The lowest BCUT2D eigenvalue weighted by molar-refractivity contribution is 0.155. The maximum absolute atomic E-state index is 10.3. The van der Waals surface area contributed by atoms with Gasteiger partial charge in [0.2, 0.25) is 0 Å². The quantitative estimate of drug-likeness (QED) is 0.588. The molecule has 0 radical (unpaired) electrons. The maximum atomic E-state index is 10.3. The Morgan fingerprint density at radius 3 is 2.71 bits per heavy atom. The van der Waals surface area contributed by atoms with Crippen molar-refractivity contribution in [2.24, 2.45) is 5.73 Å². The van der Waals surface area contributed by atoms with Gasteiger partial charge in [-0.1, -0.05) is 26.7 Å². The summed E-state index contributed by atoms with van der Waals surface area (Å²) < 4.78 is 4.62. The molecule has 4 heteroatoms. The van der Waals surface area contributed by atoms with Gasteiger partial charge in [0.15, 0.2) is 0 Å². The van der Waals surface area contributed by atoms with Gasteiger partial charge in [0.05, 0.1) is 0 Å². The van der Waals surface area contributed by atoms with Crippen molar-refractivity contribution in [3.8, 4) is 0 Å². The van der Waals surface area contributed by atoms with Crippen LogP contribution in [0.25, 0.3) is 0 Å². The topological polar surface area (TPSA) is 64.3 Å². The van der Waals surface area contributed by atoms with Crippen molar-refractivity contribution in [3.63, 3.8) is 0 Å². The first-order chi connectivity index (χ1) is 6.70. The molecule has 0 aliphatic carbocycles. The average molecular weight is 202 g/mol. The van der Waals surface area contributed by atoms with Gasteiger partial charge in [-0.3, -0.25) is 0 Å².